The average Bonchev–Trinajstić information content (AvgIpc) is 3.20. The quantitative estimate of drug-likeness (QED) is 0.0220. The van der Waals surface area contributed by atoms with Crippen LogP contribution in [0.1, 0.15) is 29.2 Å². The number of carbonyl (C=O) groups is 1. The Morgan fingerprint density at radius 1 is 0.589 bits per heavy atom. The van der Waals surface area contributed by atoms with Crippen LogP contribution >= 0.6 is 0 Å². The van der Waals surface area contributed by atoms with E-state index in [1.165, 1.54) is 5.56 Å². The van der Waals surface area contributed by atoms with Crippen LogP contribution in [-0.4, -0.2) is 114 Å². The number of benzene rings is 5. The van der Waals surface area contributed by atoms with Gasteiger partial charge in [-0.25, -0.2) is 4.79 Å². The van der Waals surface area contributed by atoms with Gasteiger partial charge in [0.1, 0.15) is 6.61 Å². The fraction of sp³-hybridized carbons (Fsp3) is 0.326. The van der Waals surface area contributed by atoms with Crippen molar-refractivity contribution >= 4 is 52.7 Å². The van der Waals surface area contributed by atoms with E-state index < -0.39 is 20.2 Å². The molecule has 5 rings (SSSR count). The van der Waals surface area contributed by atoms with Gasteiger partial charge in [-0.05, 0) is 68.1 Å². The van der Waals surface area contributed by atoms with E-state index in [0.717, 1.165) is 38.2 Å². The minimum atomic E-state index is -1.61. The number of ether oxygens (including phenoxy) is 3. The van der Waals surface area contributed by atoms with E-state index in [0.29, 0.717) is 75.4 Å². The van der Waals surface area contributed by atoms with Crippen molar-refractivity contribution in [3.05, 3.63) is 131 Å². The Labute approximate surface area is 329 Å². The highest BCUT2D eigenvalue weighted by Gasteiger charge is 2.22. The minimum absolute atomic E-state index is 0.0583. The van der Waals surface area contributed by atoms with E-state index in [1.807, 2.05) is 36.4 Å². The number of aliphatic hydroxyl groups excluding tert-OH is 1. The molecule has 13 heteroatoms. The molecule has 0 heterocycles. The van der Waals surface area contributed by atoms with Crippen LogP contribution in [-0.2, 0) is 45.1 Å². The minimum Gasteiger partial charge on any atom is -0.460 e. The second-order valence-electron chi connectivity index (χ2n) is 13.8. The third-order valence-electron chi connectivity index (χ3n) is 9.82. The molecule has 11 nitrogen and oxygen atoms in total. The van der Waals surface area contributed by atoms with Gasteiger partial charge in [0.2, 0.25) is 0 Å². The van der Waals surface area contributed by atoms with Gasteiger partial charge in [-0.3, -0.25) is 9.80 Å². The predicted octanol–water partition coefficient (Wildman–Crippen LogP) is 2.54. The molecule has 294 valence electrons. The van der Waals surface area contributed by atoms with Gasteiger partial charge in [-0.2, -0.15) is 0 Å². The molecule has 0 aliphatic carbocycles. The summed E-state index contributed by atoms with van der Waals surface area (Å²) in [6, 6.07) is 31.4. The van der Waals surface area contributed by atoms with Crippen LogP contribution in [0.5, 0.6) is 0 Å². The first kappa shape index (κ1) is 42.7. The van der Waals surface area contributed by atoms with Crippen LogP contribution in [0.2, 0.25) is 0 Å². The first-order valence-electron chi connectivity index (χ1n) is 19.0. The van der Waals surface area contributed by atoms with Crippen molar-refractivity contribution in [1.29, 1.82) is 0 Å². The molecule has 0 unspecified atom stereocenters. The summed E-state index contributed by atoms with van der Waals surface area (Å²) < 4.78 is 16.7. The van der Waals surface area contributed by atoms with Crippen LogP contribution in [0.3, 0.4) is 0 Å². The molecule has 56 heavy (non-hydrogen) atoms. The molecule has 0 amide bonds. The fourth-order valence-electron chi connectivity index (χ4n) is 7.04. The summed E-state index contributed by atoms with van der Waals surface area (Å²) in [6.45, 7) is 9.75. The van der Waals surface area contributed by atoms with E-state index in [-0.39, 0.29) is 26.4 Å². The maximum Gasteiger partial charge on any atom is 0.488 e. The Kier molecular flexibility index (Phi) is 16.6. The summed E-state index contributed by atoms with van der Waals surface area (Å²) in [5.41, 5.74) is 5.19. The SMILES string of the molecule is C=C(C)C(=O)OCCOCCN(Cc1ccccc1B(O)O)Cc1c2ccccc2c(CCN(CCOCCO)Cc2ccccc2B(O)O)c2ccccc12. The van der Waals surface area contributed by atoms with E-state index in [4.69, 9.17) is 14.2 Å². The van der Waals surface area contributed by atoms with Gasteiger partial charge >= 0.3 is 20.2 Å². The highest BCUT2D eigenvalue weighted by atomic mass is 16.6. The van der Waals surface area contributed by atoms with Gasteiger partial charge in [0.25, 0.3) is 0 Å². The molecule has 5 N–H and O–H groups in total. The number of hydrogen-bond donors (Lipinski definition) is 5. The zero-order valence-electron chi connectivity index (χ0n) is 32.1. The summed E-state index contributed by atoms with van der Waals surface area (Å²) in [5, 5.41) is 54.2. The van der Waals surface area contributed by atoms with Crippen molar-refractivity contribution < 1.29 is 44.2 Å². The van der Waals surface area contributed by atoms with E-state index in [2.05, 4.69) is 52.8 Å². The van der Waals surface area contributed by atoms with Gasteiger partial charge in [-0.15, -0.1) is 0 Å². The first-order valence-corrected chi connectivity index (χ1v) is 19.0. The molecule has 0 fully saturated rings. The Morgan fingerprint density at radius 3 is 1.57 bits per heavy atom. The second-order valence-corrected chi connectivity index (χ2v) is 13.8. The molecular weight excluding hydrogens is 710 g/mol. The van der Waals surface area contributed by atoms with Crippen LogP contribution in [0.15, 0.2) is 109 Å². The molecule has 0 saturated heterocycles. The van der Waals surface area contributed by atoms with Gasteiger partial charge in [0.15, 0.2) is 0 Å². The lowest BCUT2D eigenvalue weighted by atomic mass is 9.77. The lowest BCUT2D eigenvalue weighted by Gasteiger charge is -2.27. The van der Waals surface area contributed by atoms with Crippen molar-refractivity contribution in [3.8, 4) is 0 Å². The molecule has 0 aromatic heterocycles. The summed E-state index contributed by atoms with van der Waals surface area (Å²) >= 11 is 0. The van der Waals surface area contributed by atoms with Crippen molar-refractivity contribution in [2.24, 2.45) is 0 Å². The highest BCUT2D eigenvalue weighted by Crippen LogP contribution is 2.34. The number of nitrogens with zero attached hydrogens (tertiary/aromatic N) is 2. The number of fused-ring (bicyclic) bond motifs is 2. The lowest BCUT2D eigenvalue weighted by molar-refractivity contribution is -0.140. The van der Waals surface area contributed by atoms with E-state index in [9.17, 15) is 30.0 Å². The summed E-state index contributed by atoms with van der Waals surface area (Å²) in [4.78, 5) is 16.3. The van der Waals surface area contributed by atoms with E-state index >= 15 is 0 Å². The van der Waals surface area contributed by atoms with Gasteiger partial charge in [0.05, 0.1) is 33.0 Å². The summed E-state index contributed by atoms with van der Waals surface area (Å²) in [5.74, 6) is -0.455. The number of hydrogen-bond acceptors (Lipinski definition) is 11. The molecular formula is C43H52B2N2O9. The highest BCUT2D eigenvalue weighted by molar-refractivity contribution is 6.59. The molecule has 5 aromatic carbocycles. The Balaban J connectivity index is 1.45. The lowest BCUT2D eigenvalue weighted by Crippen LogP contribution is -2.37. The molecule has 0 aliphatic rings. The number of carbonyl (C=O) groups excluding carboxylic acids is 1. The fourth-order valence-corrected chi connectivity index (χ4v) is 7.04. The Hall–Kier alpha value is -4.40. The smallest absolute Gasteiger partial charge is 0.460 e. The van der Waals surface area contributed by atoms with Crippen molar-refractivity contribution in [2.45, 2.75) is 33.0 Å². The molecule has 5 aromatic rings. The average molecular weight is 763 g/mol. The van der Waals surface area contributed by atoms with Crippen LogP contribution in [0, 0.1) is 0 Å². The normalized spacial score (nSPS) is 11.5. The molecule has 0 bridgehead atoms. The predicted molar refractivity (Wildman–Crippen MR) is 222 cm³/mol. The topological polar surface area (TPSA) is 152 Å². The van der Waals surface area contributed by atoms with Crippen molar-refractivity contribution in [1.82, 2.24) is 9.80 Å². The molecule has 0 radical (unpaired) electrons. The molecule has 0 aliphatic heterocycles. The maximum absolute atomic E-state index is 11.8. The molecule has 0 saturated carbocycles. The monoisotopic (exact) mass is 762 g/mol. The third kappa shape index (κ3) is 11.8. The van der Waals surface area contributed by atoms with Gasteiger partial charge < -0.3 is 39.4 Å². The number of aliphatic hydroxyl groups is 1. The number of esters is 1. The Bertz CT molecular complexity index is 1990. The molecule has 0 atom stereocenters. The summed E-state index contributed by atoms with van der Waals surface area (Å²) in [7, 11) is -3.20. The molecule has 0 spiro atoms. The maximum atomic E-state index is 11.8. The standard InChI is InChI=1S/C43H52B2N2O9/c1-32(2)43(49)56-28-27-55-25-22-47(30-34-12-4-10-18-42(34)45(52)53)31-40-37-15-7-5-13-35(37)39(36-14-6-8-16-38(36)40)19-20-46(21-24-54-26-23-48)29-33-11-3-9-17-41(33)44(50)51/h3-18,48,50-53H,1,19-31H2,2H3. The van der Waals surface area contributed by atoms with Crippen LogP contribution < -0.4 is 10.9 Å². The third-order valence-corrected chi connectivity index (χ3v) is 9.82. The van der Waals surface area contributed by atoms with Crippen molar-refractivity contribution in [2.75, 3.05) is 59.3 Å². The zero-order chi connectivity index (χ0) is 39.9. The van der Waals surface area contributed by atoms with Crippen LogP contribution in [0.25, 0.3) is 21.5 Å². The first-order chi connectivity index (χ1) is 27.2. The summed E-state index contributed by atoms with van der Waals surface area (Å²) in [6.07, 6.45) is 0.709. The Morgan fingerprint density at radius 2 is 1.05 bits per heavy atom. The zero-order valence-corrected chi connectivity index (χ0v) is 32.1. The largest absolute Gasteiger partial charge is 0.488 e. The van der Waals surface area contributed by atoms with Gasteiger partial charge in [0, 0.05) is 44.8 Å². The number of rotatable bonds is 23. The van der Waals surface area contributed by atoms with Crippen LogP contribution in [0.4, 0.5) is 0 Å². The second kappa shape index (κ2) is 21.8. The van der Waals surface area contributed by atoms with Gasteiger partial charge in [-0.1, -0.05) is 104 Å². The van der Waals surface area contributed by atoms with E-state index in [1.54, 1.807) is 31.2 Å². The van der Waals surface area contributed by atoms with Crippen molar-refractivity contribution in [3.63, 3.8) is 0 Å².